The highest BCUT2D eigenvalue weighted by molar-refractivity contribution is 6.29. The van der Waals surface area contributed by atoms with Gasteiger partial charge in [-0.3, -0.25) is 4.79 Å². The van der Waals surface area contributed by atoms with Crippen LogP contribution in [0.1, 0.15) is 25.7 Å². The molecule has 3 aromatic heterocycles. The van der Waals surface area contributed by atoms with E-state index in [0.717, 1.165) is 61.2 Å². The molecule has 29 heavy (non-hydrogen) atoms. The van der Waals surface area contributed by atoms with Crippen molar-refractivity contribution in [3.8, 4) is 11.1 Å². The summed E-state index contributed by atoms with van der Waals surface area (Å²) in [5.41, 5.74) is 3.00. The van der Waals surface area contributed by atoms with Crippen molar-refractivity contribution in [3.05, 3.63) is 42.1 Å². The van der Waals surface area contributed by atoms with Crippen molar-refractivity contribution in [2.45, 2.75) is 37.8 Å². The van der Waals surface area contributed by atoms with E-state index in [0.29, 0.717) is 23.1 Å². The van der Waals surface area contributed by atoms with E-state index >= 15 is 0 Å². The van der Waals surface area contributed by atoms with Crippen LogP contribution in [0.15, 0.2) is 36.9 Å². The van der Waals surface area contributed by atoms with Crippen LogP contribution in [0.2, 0.25) is 5.15 Å². The molecule has 2 unspecified atom stereocenters. The van der Waals surface area contributed by atoms with Gasteiger partial charge in [-0.2, -0.15) is 5.10 Å². The Balaban J connectivity index is 1.33. The summed E-state index contributed by atoms with van der Waals surface area (Å²) in [5.74, 6) is 1.60. The largest absolute Gasteiger partial charge is 0.351 e. The van der Waals surface area contributed by atoms with Gasteiger partial charge in [0.25, 0.3) is 0 Å². The van der Waals surface area contributed by atoms with Gasteiger partial charge in [0, 0.05) is 49.0 Å². The van der Waals surface area contributed by atoms with E-state index < -0.39 is 0 Å². The molecule has 3 aliphatic rings. The van der Waals surface area contributed by atoms with Gasteiger partial charge in [-0.15, -0.1) is 0 Å². The van der Waals surface area contributed by atoms with Gasteiger partial charge >= 0.3 is 0 Å². The Hall–Kier alpha value is -2.67. The maximum absolute atomic E-state index is 12.7. The fourth-order valence-corrected chi connectivity index (χ4v) is 5.05. The predicted octanol–water partition coefficient (Wildman–Crippen LogP) is 3.03. The van der Waals surface area contributed by atoms with E-state index in [1.165, 1.54) is 0 Å². The fraction of sp³-hybridized carbons (Fsp3) is 0.429. The lowest BCUT2D eigenvalue weighted by molar-refractivity contribution is -0.135. The minimum atomic E-state index is 0.288. The topological polar surface area (TPSA) is 66.6 Å². The third kappa shape index (κ3) is 2.87. The number of rotatable bonds is 3. The molecule has 5 heterocycles. The third-order valence-corrected chi connectivity index (χ3v) is 6.61. The predicted molar refractivity (Wildman–Crippen MR) is 110 cm³/mol. The number of fused-ring (bicyclic) bond motifs is 3. The minimum Gasteiger partial charge on any atom is -0.351 e. The Morgan fingerprint density at radius 1 is 1.03 bits per heavy atom. The number of anilines is 1. The number of carbonyl (C=O) groups is 1. The summed E-state index contributed by atoms with van der Waals surface area (Å²) in [5, 5.41) is 4.87. The molecule has 2 bridgehead atoms. The lowest BCUT2D eigenvalue weighted by Gasteiger charge is -2.41. The van der Waals surface area contributed by atoms with Crippen LogP contribution in [0.25, 0.3) is 16.6 Å². The van der Waals surface area contributed by atoms with Crippen molar-refractivity contribution in [2.24, 2.45) is 5.92 Å². The zero-order chi connectivity index (χ0) is 19.5. The van der Waals surface area contributed by atoms with Crippen LogP contribution in [-0.4, -0.2) is 55.6 Å². The van der Waals surface area contributed by atoms with E-state index in [1.807, 2.05) is 22.8 Å². The average Bonchev–Trinajstić information content (AvgIpc) is 3.43. The maximum Gasteiger partial charge on any atom is 0.226 e. The second kappa shape index (κ2) is 6.42. The van der Waals surface area contributed by atoms with E-state index in [4.69, 9.17) is 11.6 Å². The summed E-state index contributed by atoms with van der Waals surface area (Å²) < 4.78 is 1.87. The lowest BCUT2D eigenvalue weighted by atomic mass is 10.1. The molecule has 1 amide bonds. The molecule has 1 saturated carbocycles. The molecule has 6 rings (SSSR count). The number of hydrogen-bond donors (Lipinski definition) is 0. The monoisotopic (exact) mass is 408 g/mol. The number of halogens is 1. The smallest absolute Gasteiger partial charge is 0.226 e. The van der Waals surface area contributed by atoms with Gasteiger partial charge in [0.15, 0.2) is 5.82 Å². The highest BCUT2D eigenvalue weighted by atomic mass is 35.5. The first kappa shape index (κ1) is 17.2. The molecule has 0 N–H and O–H groups in total. The first-order chi connectivity index (χ1) is 14.2. The molecular weight excluding hydrogens is 388 g/mol. The zero-order valence-corrected chi connectivity index (χ0v) is 16.7. The molecule has 148 valence electrons. The first-order valence-electron chi connectivity index (χ1n) is 10.2. The molecule has 2 aliphatic heterocycles. The van der Waals surface area contributed by atoms with E-state index in [9.17, 15) is 4.79 Å². The zero-order valence-electron chi connectivity index (χ0n) is 15.9. The Labute approximate surface area is 173 Å². The van der Waals surface area contributed by atoms with Crippen LogP contribution in [0, 0.1) is 5.92 Å². The third-order valence-electron chi connectivity index (χ3n) is 6.41. The molecule has 3 fully saturated rings. The number of amides is 1. The number of nitrogens with zero attached hydrogens (tertiary/aromatic N) is 6. The Kier molecular flexibility index (Phi) is 3.81. The standard InChI is InChI=1S/C21H21ClN6O/c22-19-8-14(5-6-23-19)15-7-18-20(24-12-25-27(18)9-15)26-10-16-3-4-17(11-26)28(16)21(29)13-1-2-13/h5-9,12-13,16-17H,1-4,10-11H2. The molecule has 2 atom stereocenters. The summed E-state index contributed by atoms with van der Waals surface area (Å²) in [4.78, 5) is 25.9. The molecule has 1 aliphatic carbocycles. The average molecular weight is 409 g/mol. The Morgan fingerprint density at radius 3 is 2.55 bits per heavy atom. The van der Waals surface area contributed by atoms with Crippen LogP contribution in [0.5, 0.6) is 0 Å². The fourth-order valence-electron chi connectivity index (χ4n) is 4.88. The van der Waals surface area contributed by atoms with Crippen LogP contribution in [-0.2, 0) is 4.79 Å². The van der Waals surface area contributed by atoms with Gasteiger partial charge in [-0.25, -0.2) is 14.5 Å². The maximum atomic E-state index is 12.7. The second-order valence-corrected chi connectivity index (χ2v) is 8.71. The SMILES string of the molecule is O=C(C1CC1)N1C2CCC1CN(c1ncnn3cc(-c4ccnc(Cl)c4)cc13)C2. The van der Waals surface area contributed by atoms with Crippen molar-refractivity contribution in [2.75, 3.05) is 18.0 Å². The summed E-state index contributed by atoms with van der Waals surface area (Å²) in [7, 11) is 0. The van der Waals surface area contributed by atoms with Gasteiger partial charge in [0.1, 0.15) is 17.0 Å². The van der Waals surface area contributed by atoms with E-state index in [1.54, 1.807) is 12.5 Å². The van der Waals surface area contributed by atoms with Crippen molar-refractivity contribution in [1.29, 1.82) is 0 Å². The van der Waals surface area contributed by atoms with Gasteiger partial charge in [-0.1, -0.05) is 11.6 Å². The lowest BCUT2D eigenvalue weighted by Crippen LogP contribution is -2.56. The highest BCUT2D eigenvalue weighted by Crippen LogP contribution is 2.39. The van der Waals surface area contributed by atoms with Gasteiger partial charge in [0.2, 0.25) is 5.91 Å². The molecule has 8 heteroatoms. The van der Waals surface area contributed by atoms with Crippen molar-refractivity contribution in [3.63, 3.8) is 0 Å². The summed E-state index contributed by atoms with van der Waals surface area (Å²) in [6.07, 6.45) is 9.61. The molecular formula is C21H21ClN6O. The highest BCUT2D eigenvalue weighted by Gasteiger charge is 2.46. The molecule has 2 saturated heterocycles. The van der Waals surface area contributed by atoms with E-state index in [-0.39, 0.29) is 5.92 Å². The number of carbonyl (C=O) groups excluding carboxylic acids is 1. The number of pyridine rings is 1. The van der Waals surface area contributed by atoms with E-state index in [2.05, 4.69) is 30.9 Å². The van der Waals surface area contributed by atoms with Gasteiger partial charge in [-0.05, 0) is 49.4 Å². The van der Waals surface area contributed by atoms with Gasteiger partial charge in [0.05, 0.1) is 0 Å². The summed E-state index contributed by atoms with van der Waals surface area (Å²) in [6, 6.07) is 6.49. The summed E-state index contributed by atoms with van der Waals surface area (Å²) in [6.45, 7) is 1.67. The van der Waals surface area contributed by atoms with Crippen LogP contribution >= 0.6 is 11.6 Å². The molecule has 0 aromatic carbocycles. The van der Waals surface area contributed by atoms with Crippen molar-refractivity contribution >= 4 is 28.8 Å². The van der Waals surface area contributed by atoms with Crippen LogP contribution < -0.4 is 4.90 Å². The summed E-state index contributed by atoms with van der Waals surface area (Å²) >= 11 is 6.07. The Bertz CT molecular complexity index is 1100. The number of aromatic nitrogens is 4. The second-order valence-electron chi connectivity index (χ2n) is 8.32. The minimum absolute atomic E-state index is 0.288. The number of piperazine rings is 1. The number of hydrogen-bond acceptors (Lipinski definition) is 5. The molecule has 7 nitrogen and oxygen atoms in total. The molecule has 0 spiro atoms. The quantitative estimate of drug-likeness (QED) is 0.623. The molecule has 3 aromatic rings. The normalized spacial score (nSPS) is 23.8. The molecule has 0 radical (unpaired) electrons. The van der Waals surface area contributed by atoms with Crippen molar-refractivity contribution < 1.29 is 4.79 Å². The van der Waals surface area contributed by atoms with Crippen LogP contribution in [0.3, 0.4) is 0 Å². The van der Waals surface area contributed by atoms with Crippen molar-refractivity contribution in [1.82, 2.24) is 24.5 Å². The first-order valence-corrected chi connectivity index (χ1v) is 10.6. The Morgan fingerprint density at radius 2 is 1.83 bits per heavy atom. The van der Waals surface area contributed by atoms with Crippen LogP contribution in [0.4, 0.5) is 5.82 Å². The van der Waals surface area contributed by atoms with Gasteiger partial charge < -0.3 is 9.80 Å².